The number of hydrogen-bond donors (Lipinski definition) is 1. The number of methoxy groups -OCH3 is 1. The summed E-state index contributed by atoms with van der Waals surface area (Å²) < 4.78 is 16.3. The summed E-state index contributed by atoms with van der Waals surface area (Å²) in [6.07, 6.45) is 0.893. The van der Waals surface area contributed by atoms with Gasteiger partial charge in [0.05, 0.1) is 24.7 Å². The van der Waals surface area contributed by atoms with Crippen LogP contribution in [0.15, 0.2) is 39.1 Å². The van der Waals surface area contributed by atoms with Crippen LogP contribution >= 0.6 is 0 Å². The van der Waals surface area contributed by atoms with Crippen molar-refractivity contribution in [3.8, 4) is 0 Å². The number of hydrogen-bond acceptors (Lipinski definition) is 7. The molecule has 7 heteroatoms. The molecule has 0 bridgehead atoms. The van der Waals surface area contributed by atoms with Gasteiger partial charge in [0.2, 0.25) is 0 Å². The largest absolute Gasteiger partial charge is 0.468 e. The van der Waals surface area contributed by atoms with Crippen molar-refractivity contribution >= 4 is 17.7 Å². The number of ketones is 1. The van der Waals surface area contributed by atoms with Gasteiger partial charge in [-0.15, -0.1) is 0 Å². The first-order chi connectivity index (χ1) is 14.2. The zero-order chi connectivity index (χ0) is 22.2. The molecule has 1 N–H and O–H groups in total. The summed E-state index contributed by atoms with van der Waals surface area (Å²) in [6, 6.07) is 3.55. The molecule has 0 aromatic carbocycles. The summed E-state index contributed by atoms with van der Waals surface area (Å²) in [5, 5.41) is 3.23. The van der Waals surface area contributed by atoms with Gasteiger partial charge in [-0.2, -0.15) is 0 Å². The topological polar surface area (TPSA) is 94.8 Å². The van der Waals surface area contributed by atoms with Crippen LogP contribution < -0.4 is 5.32 Å². The monoisotopic (exact) mass is 415 g/mol. The number of allylic oxidation sites excluding steroid dienone is 3. The van der Waals surface area contributed by atoms with E-state index in [4.69, 9.17) is 13.9 Å². The first-order valence-electron chi connectivity index (χ1n) is 10.3. The van der Waals surface area contributed by atoms with E-state index in [2.05, 4.69) is 5.32 Å². The first kappa shape index (κ1) is 21.9. The quantitative estimate of drug-likeness (QED) is 0.580. The van der Waals surface area contributed by atoms with E-state index in [-0.39, 0.29) is 17.8 Å². The third kappa shape index (κ3) is 3.80. The lowest BCUT2D eigenvalue weighted by Gasteiger charge is -2.37. The fraction of sp³-hybridized carbons (Fsp3) is 0.522. The number of esters is 2. The fourth-order valence-corrected chi connectivity index (χ4v) is 4.17. The summed E-state index contributed by atoms with van der Waals surface area (Å²) in [5.74, 6) is -2.15. The molecule has 7 nitrogen and oxygen atoms in total. The van der Waals surface area contributed by atoms with E-state index in [0.717, 1.165) is 0 Å². The van der Waals surface area contributed by atoms with Crippen molar-refractivity contribution in [3.63, 3.8) is 0 Å². The van der Waals surface area contributed by atoms with Gasteiger partial charge in [-0.3, -0.25) is 9.59 Å². The predicted molar refractivity (Wildman–Crippen MR) is 109 cm³/mol. The Labute approximate surface area is 176 Å². The molecule has 0 radical (unpaired) electrons. The number of furan rings is 1. The maximum absolute atomic E-state index is 13.5. The van der Waals surface area contributed by atoms with Crippen molar-refractivity contribution in [2.75, 3.05) is 7.11 Å². The predicted octanol–water partition coefficient (Wildman–Crippen LogP) is 3.54. The number of dihydropyridines is 1. The molecule has 0 saturated heterocycles. The lowest BCUT2D eigenvalue weighted by molar-refractivity contribution is -0.151. The highest BCUT2D eigenvalue weighted by atomic mass is 16.5. The summed E-state index contributed by atoms with van der Waals surface area (Å²) in [7, 11) is 1.28. The molecule has 1 aromatic heterocycles. The maximum Gasteiger partial charge on any atom is 0.337 e. The van der Waals surface area contributed by atoms with Crippen LogP contribution in [0.2, 0.25) is 0 Å². The molecule has 0 amide bonds. The molecular formula is C23H29NO6. The summed E-state index contributed by atoms with van der Waals surface area (Å²) in [4.78, 5) is 39.0. The van der Waals surface area contributed by atoms with Gasteiger partial charge in [-0.1, -0.05) is 13.8 Å². The standard InChI is InChI=1S/C23H29NO6/c1-7-12(3)30-23(27)18-14(5)24-15-10-11(2)17(22(26)28-6)21(25)19(15)20(18)16-9-8-13(4)29-16/h8-9,11-12,17,20,24H,7,10H2,1-6H3/t11-,12-,17-,20+/m1/s1. The van der Waals surface area contributed by atoms with Crippen molar-refractivity contribution in [1.29, 1.82) is 0 Å². The Morgan fingerprint density at radius 1 is 1.30 bits per heavy atom. The second-order valence-corrected chi connectivity index (χ2v) is 8.11. The van der Waals surface area contributed by atoms with Gasteiger partial charge in [0, 0.05) is 17.0 Å². The number of ether oxygens (including phenoxy) is 2. The van der Waals surface area contributed by atoms with Crippen LogP contribution in [0, 0.1) is 18.8 Å². The van der Waals surface area contributed by atoms with Crippen LogP contribution in [0.25, 0.3) is 0 Å². The molecule has 30 heavy (non-hydrogen) atoms. The van der Waals surface area contributed by atoms with Gasteiger partial charge in [0.15, 0.2) is 5.78 Å². The van der Waals surface area contributed by atoms with Crippen LogP contribution in [0.4, 0.5) is 0 Å². The molecule has 1 aliphatic carbocycles. The van der Waals surface area contributed by atoms with Crippen LogP contribution in [0.1, 0.15) is 58.0 Å². The van der Waals surface area contributed by atoms with Gasteiger partial charge >= 0.3 is 11.9 Å². The minimum atomic E-state index is -0.917. The highest BCUT2D eigenvalue weighted by Gasteiger charge is 2.48. The van der Waals surface area contributed by atoms with Crippen LogP contribution in [0.5, 0.6) is 0 Å². The maximum atomic E-state index is 13.5. The number of carbonyl (C=O) groups is 3. The van der Waals surface area contributed by atoms with Crippen LogP contribution in [-0.4, -0.2) is 30.9 Å². The van der Waals surface area contributed by atoms with E-state index >= 15 is 0 Å². The molecule has 0 unspecified atom stereocenters. The van der Waals surface area contributed by atoms with Gasteiger partial charge in [0.25, 0.3) is 0 Å². The Kier molecular flexibility index (Phi) is 6.19. The average molecular weight is 415 g/mol. The molecule has 4 atom stereocenters. The molecule has 162 valence electrons. The Morgan fingerprint density at radius 3 is 2.57 bits per heavy atom. The molecule has 2 aliphatic rings. The smallest absolute Gasteiger partial charge is 0.337 e. The molecular weight excluding hydrogens is 386 g/mol. The molecule has 0 spiro atoms. The Bertz CT molecular complexity index is 937. The molecule has 0 saturated carbocycles. The normalized spacial score (nSPS) is 24.9. The van der Waals surface area contributed by atoms with Gasteiger partial charge in [0.1, 0.15) is 17.4 Å². The van der Waals surface area contributed by atoms with Crippen LogP contribution in [0.3, 0.4) is 0 Å². The van der Waals surface area contributed by atoms with Crippen molar-refractivity contribution in [2.45, 2.75) is 59.5 Å². The Hall–Kier alpha value is -2.83. The molecule has 1 aliphatic heterocycles. The fourth-order valence-electron chi connectivity index (χ4n) is 4.17. The molecule has 0 fully saturated rings. The number of nitrogens with one attached hydrogen (secondary N) is 1. The second-order valence-electron chi connectivity index (χ2n) is 8.11. The Balaban J connectivity index is 2.13. The minimum Gasteiger partial charge on any atom is -0.468 e. The number of Topliss-reactive ketones (excluding diaryl/α,β-unsaturated/α-hetero) is 1. The summed E-state index contributed by atoms with van der Waals surface area (Å²) in [5.41, 5.74) is 2.04. The van der Waals surface area contributed by atoms with Crippen LogP contribution in [-0.2, 0) is 23.9 Å². The van der Waals surface area contributed by atoms with E-state index in [1.165, 1.54) is 7.11 Å². The van der Waals surface area contributed by atoms with Crippen molar-refractivity contribution in [3.05, 3.63) is 46.2 Å². The molecule has 2 heterocycles. The van der Waals surface area contributed by atoms with Crippen molar-refractivity contribution in [1.82, 2.24) is 5.32 Å². The van der Waals surface area contributed by atoms with Gasteiger partial charge in [-0.25, -0.2) is 4.79 Å². The van der Waals surface area contributed by atoms with E-state index in [0.29, 0.717) is 46.9 Å². The zero-order valence-corrected chi connectivity index (χ0v) is 18.3. The number of rotatable bonds is 5. The Morgan fingerprint density at radius 2 is 2.00 bits per heavy atom. The lowest BCUT2D eigenvalue weighted by atomic mass is 9.70. The zero-order valence-electron chi connectivity index (χ0n) is 18.3. The number of aryl methyl sites for hydroxylation is 1. The second kappa shape index (κ2) is 8.50. The van der Waals surface area contributed by atoms with Gasteiger partial charge < -0.3 is 19.2 Å². The number of carbonyl (C=O) groups excluding carboxylic acids is 3. The highest BCUT2D eigenvalue weighted by molar-refractivity contribution is 6.12. The third-order valence-corrected chi connectivity index (χ3v) is 5.89. The highest BCUT2D eigenvalue weighted by Crippen LogP contribution is 2.45. The average Bonchev–Trinajstić information content (AvgIpc) is 3.12. The van der Waals surface area contributed by atoms with Gasteiger partial charge in [-0.05, 0) is 51.7 Å². The SMILES string of the molecule is CC[C@@H](C)OC(=O)C1=C(C)NC2=C(C(=O)[C@H](C(=O)OC)[C@H](C)C2)[C@H]1c1ccc(C)o1. The third-order valence-electron chi connectivity index (χ3n) is 5.89. The first-order valence-corrected chi connectivity index (χ1v) is 10.3. The molecule has 1 aromatic rings. The van der Waals surface area contributed by atoms with Crippen molar-refractivity contribution < 1.29 is 28.3 Å². The van der Waals surface area contributed by atoms with E-state index in [1.54, 1.807) is 26.0 Å². The minimum absolute atomic E-state index is 0.225. The van der Waals surface area contributed by atoms with Crippen molar-refractivity contribution in [2.24, 2.45) is 11.8 Å². The summed E-state index contributed by atoms with van der Waals surface area (Å²) in [6.45, 7) is 9.19. The van der Waals surface area contributed by atoms with E-state index in [9.17, 15) is 14.4 Å². The van der Waals surface area contributed by atoms with E-state index < -0.39 is 23.8 Å². The molecule has 3 rings (SSSR count). The summed E-state index contributed by atoms with van der Waals surface area (Å²) >= 11 is 0. The van der Waals surface area contributed by atoms with E-state index in [1.807, 2.05) is 20.8 Å². The lowest BCUT2D eigenvalue weighted by Crippen LogP contribution is -2.43.